The smallest absolute Gasteiger partial charge is 0.0610 e. The van der Waals surface area contributed by atoms with Crippen LogP contribution < -0.4 is 5.32 Å². The van der Waals surface area contributed by atoms with E-state index in [9.17, 15) is 5.11 Å². The normalized spacial score (nSPS) is 25.0. The molecule has 21 heavy (non-hydrogen) atoms. The average molecular weight is 297 g/mol. The summed E-state index contributed by atoms with van der Waals surface area (Å²) in [7, 11) is 0. The van der Waals surface area contributed by atoms with E-state index in [4.69, 9.17) is 0 Å². The van der Waals surface area contributed by atoms with Gasteiger partial charge < -0.3 is 15.3 Å². The fourth-order valence-corrected chi connectivity index (χ4v) is 3.25. The van der Waals surface area contributed by atoms with Crippen LogP contribution in [0.4, 0.5) is 0 Å². The van der Waals surface area contributed by atoms with Crippen molar-refractivity contribution in [3.05, 3.63) is 0 Å². The zero-order valence-corrected chi connectivity index (χ0v) is 14.5. The minimum absolute atomic E-state index is 0.0750. The molecule has 2 fully saturated rings. The third-order valence-corrected chi connectivity index (χ3v) is 5.00. The van der Waals surface area contributed by atoms with Crippen molar-refractivity contribution in [2.24, 2.45) is 0 Å². The summed E-state index contributed by atoms with van der Waals surface area (Å²) in [6.07, 6.45) is 4.81. The molecule has 0 spiro atoms. The van der Waals surface area contributed by atoms with E-state index in [1.165, 1.54) is 52.0 Å². The Bertz CT molecular complexity index is 316. The molecule has 1 unspecified atom stereocenters. The zero-order chi connectivity index (χ0) is 15.5. The lowest BCUT2D eigenvalue weighted by Gasteiger charge is -2.42. The molecule has 2 rings (SSSR count). The maximum absolute atomic E-state index is 9.64. The molecular formula is C17H35N3O. The van der Waals surface area contributed by atoms with Gasteiger partial charge in [-0.05, 0) is 59.9 Å². The number of piperazine rings is 1. The van der Waals surface area contributed by atoms with Crippen molar-refractivity contribution in [1.29, 1.82) is 0 Å². The second-order valence-corrected chi connectivity index (χ2v) is 8.24. The molecule has 1 aliphatic heterocycles. The first kappa shape index (κ1) is 17.2. The van der Waals surface area contributed by atoms with Crippen molar-refractivity contribution < 1.29 is 5.11 Å². The number of hydrogen-bond donors (Lipinski definition) is 2. The zero-order valence-electron chi connectivity index (χ0n) is 14.5. The van der Waals surface area contributed by atoms with Gasteiger partial charge in [0, 0.05) is 43.3 Å². The van der Waals surface area contributed by atoms with Gasteiger partial charge in [-0.25, -0.2) is 0 Å². The molecule has 1 saturated carbocycles. The van der Waals surface area contributed by atoms with Crippen LogP contribution in [0.2, 0.25) is 0 Å². The fraction of sp³-hybridized carbons (Fsp3) is 1.00. The molecule has 0 aromatic carbocycles. The molecule has 1 saturated heterocycles. The highest BCUT2D eigenvalue weighted by Gasteiger charge is 2.32. The van der Waals surface area contributed by atoms with Crippen molar-refractivity contribution in [3.63, 3.8) is 0 Å². The molecule has 0 aromatic rings. The predicted octanol–water partition coefficient (Wildman–Crippen LogP) is 1.69. The van der Waals surface area contributed by atoms with E-state index in [2.05, 4.69) is 42.8 Å². The largest absolute Gasteiger partial charge is 0.394 e. The van der Waals surface area contributed by atoms with Crippen molar-refractivity contribution in [1.82, 2.24) is 15.1 Å². The Kier molecular flexibility index (Phi) is 5.69. The van der Waals surface area contributed by atoms with Crippen molar-refractivity contribution in [2.45, 2.75) is 70.5 Å². The molecule has 0 radical (unpaired) electrons. The summed E-state index contributed by atoms with van der Waals surface area (Å²) in [5.74, 6) is 0. The molecule has 0 aromatic heterocycles. The third-order valence-electron chi connectivity index (χ3n) is 5.00. The van der Waals surface area contributed by atoms with E-state index in [-0.39, 0.29) is 12.1 Å². The number of nitrogens with one attached hydrogen (secondary N) is 1. The molecule has 0 amide bonds. The summed E-state index contributed by atoms with van der Waals surface area (Å²) in [5.41, 5.74) is 0.226. The molecule has 4 heteroatoms. The summed E-state index contributed by atoms with van der Waals surface area (Å²) in [6.45, 7) is 15.2. The monoisotopic (exact) mass is 297 g/mol. The maximum atomic E-state index is 9.64. The lowest BCUT2D eigenvalue weighted by Crippen LogP contribution is -2.53. The molecule has 4 nitrogen and oxygen atoms in total. The molecular weight excluding hydrogens is 262 g/mol. The predicted molar refractivity (Wildman–Crippen MR) is 88.6 cm³/mol. The topological polar surface area (TPSA) is 38.7 Å². The molecule has 1 aliphatic carbocycles. The highest BCUT2D eigenvalue weighted by atomic mass is 16.3. The Balaban J connectivity index is 1.65. The molecule has 1 atom stereocenters. The molecule has 1 heterocycles. The van der Waals surface area contributed by atoms with Gasteiger partial charge in [0.25, 0.3) is 0 Å². The summed E-state index contributed by atoms with van der Waals surface area (Å²) in [5, 5.41) is 13.2. The first-order chi connectivity index (χ1) is 9.82. The lowest BCUT2D eigenvalue weighted by atomic mass is 9.96. The van der Waals surface area contributed by atoms with Crippen LogP contribution >= 0.6 is 0 Å². The van der Waals surface area contributed by atoms with Crippen molar-refractivity contribution >= 4 is 0 Å². The molecule has 0 bridgehead atoms. The van der Waals surface area contributed by atoms with Crippen LogP contribution in [0.3, 0.4) is 0 Å². The van der Waals surface area contributed by atoms with E-state index in [0.717, 1.165) is 6.42 Å². The van der Waals surface area contributed by atoms with Gasteiger partial charge in [-0.1, -0.05) is 0 Å². The minimum Gasteiger partial charge on any atom is -0.394 e. The quantitative estimate of drug-likeness (QED) is 0.750. The van der Waals surface area contributed by atoms with Crippen LogP contribution in [-0.4, -0.2) is 71.4 Å². The number of hydrogen-bond acceptors (Lipinski definition) is 4. The Morgan fingerprint density at radius 3 is 2.14 bits per heavy atom. The van der Waals surface area contributed by atoms with Crippen LogP contribution in [-0.2, 0) is 0 Å². The van der Waals surface area contributed by atoms with E-state index in [1.807, 2.05) is 0 Å². The van der Waals surface area contributed by atoms with Gasteiger partial charge in [0.2, 0.25) is 0 Å². The van der Waals surface area contributed by atoms with Gasteiger partial charge in [-0.2, -0.15) is 0 Å². The highest BCUT2D eigenvalue weighted by molar-refractivity contribution is 4.92. The van der Waals surface area contributed by atoms with E-state index in [0.29, 0.717) is 11.6 Å². The second-order valence-electron chi connectivity index (χ2n) is 8.24. The van der Waals surface area contributed by atoms with Gasteiger partial charge in [-0.15, -0.1) is 0 Å². The first-order valence-electron chi connectivity index (χ1n) is 8.68. The lowest BCUT2D eigenvalue weighted by molar-refractivity contribution is 0.0595. The van der Waals surface area contributed by atoms with Gasteiger partial charge in [-0.3, -0.25) is 4.90 Å². The van der Waals surface area contributed by atoms with E-state index in [1.54, 1.807) is 0 Å². The van der Waals surface area contributed by atoms with Gasteiger partial charge in [0.05, 0.1) is 6.61 Å². The maximum Gasteiger partial charge on any atom is 0.0610 e. The summed E-state index contributed by atoms with van der Waals surface area (Å²) in [6, 6.07) is 0.664. The summed E-state index contributed by atoms with van der Waals surface area (Å²) < 4.78 is 0. The first-order valence-corrected chi connectivity index (χ1v) is 8.68. The SMILES string of the molecule is CC(CO)(CCCN1CCN(C(C)(C)C)CC1)NC1CC1. The molecule has 2 aliphatic rings. The van der Waals surface area contributed by atoms with Crippen molar-refractivity contribution in [3.8, 4) is 0 Å². The van der Waals surface area contributed by atoms with Gasteiger partial charge in [0.1, 0.15) is 0 Å². The van der Waals surface area contributed by atoms with Crippen LogP contribution in [0, 0.1) is 0 Å². The Hall–Kier alpha value is -0.160. The van der Waals surface area contributed by atoms with Gasteiger partial charge >= 0.3 is 0 Å². The minimum atomic E-state index is -0.0750. The van der Waals surface area contributed by atoms with Crippen LogP contribution in [0.25, 0.3) is 0 Å². The molecule has 2 N–H and O–H groups in total. The Morgan fingerprint density at radius 1 is 1.05 bits per heavy atom. The van der Waals surface area contributed by atoms with Gasteiger partial charge in [0.15, 0.2) is 0 Å². The summed E-state index contributed by atoms with van der Waals surface area (Å²) in [4.78, 5) is 5.16. The Labute approximate surface area is 130 Å². The van der Waals surface area contributed by atoms with E-state index < -0.39 is 0 Å². The van der Waals surface area contributed by atoms with E-state index >= 15 is 0 Å². The second kappa shape index (κ2) is 6.95. The highest BCUT2D eigenvalue weighted by Crippen LogP contribution is 2.24. The van der Waals surface area contributed by atoms with Crippen molar-refractivity contribution in [2.75, 3.05) is 39.3 Å². The third kappa shape index (κ3) is 5.51. The average Bonchev–Trinajstić information content (AvgIpc) is 3.22. The summed E-state index contributed by atoms with van der Waals surface area (Å²) >= 11 is 0. The number of aliphatic hydroxyl groups excluding tert-OH is 1. The van der Waals surface area contributed by atoms with Crippen LogP contribution in [0.1, 0.15) is 53.4 Å². The number of rotatable bonds is 7. The van der Waals surface area contributed by atoms with Crippen LogP contribution in [0.15, 0.2) is 0 Å². The number of nitrogens with zero attached hydrogens (tertiary/aromatic N) is 2. The Morgan fingerprint density at radius 2 is 1.67 bits per heavy atom. The number of aliphatic hydroxyl groups is 1. The fourth-order valence-electron chi connectivity index (χ4n) is 3.25. The molecule has 124 valence electrons. The standard InChI is InChI=1S/C17H35N3O/c1-16(2,3)20-12-10-19(11-13-20)9-5-8-17(4,14-21)18-15-6-7-15/h15,18,21H,5-14H2,1-4H3. The van der Waals surface area contributed by atoms with Crippen LogP contribution in [0.5, 0.6) is 0 Å².